The van der Waals surface area contributed by atoms with Crippen LogP contribution in [0.2, 0.25) is 5.02 Å². The molecule has 0 saturated heterocycles. The van der Waals surface area contributed by atoms with Gasteiger partial charge in [0.1, 0.15) is 11.3 Å². The number of nitrogens with zero attached hydrogens (tertiary/aromatic N) is 1. The summed E-state index contributed by atoms with van der Waals surface area (Å²) in [6, 6.07) is 8.77. The summed E-state index contributed by atoms with van der Waals surface area (Å²) in [7, 11) is 0. The van der Waals surface area contributed by atoms with E-state index in [1.54, 1.807) is 29.0 Å². The van der Waals surface area contributed by atoms with Crippen molar-refractivity contribution in [3.8, 4) is 0 Å². The first-order chi connectivity index (χ1) is 10.1. The number of halogens is 3. The molecule has 6 heteroatoms. The molecular formula is C15H11BrClFN2S. The van der Waals surface area contributed by atoms with Crippen molar-refractivity contribution in [2.45, 2.75) is 13.0 Å². The van der Waals surface area contributed by atoms with Gasteiger partial charge in [-0.25, -0.2) is 9.37 Å². The number of rotatable bonds is 3. The molecule has 0 aliphatic rings. The van der Waals surface area contributed by atoms with Crippen LogP contribution < -0.4 is 5.32 Å². The maximum atomic E-state index is 13.3. The quantitative estimate of drug-likeness (QED) is 0.596. The lowest BCUT2D eigenvalue weighted by molar-refractivity contribution is 0.619. The number of hydrogen-bond acceptors (Lipinski definition) is 3. The molecule has 0 saturated carbocycles. The van der Waals surface area contributed by atoms with Crippen LogP contribution in [0, 0.1) is 5.82 Å². The third-order valence-electron chi connectivity index (χ3n) is 3.26. The van der Waals surface area contributed by atoms with Crippen LogP contribution in [0.1, 0.15) is 18.5 Å². The fraction of sp³-hybridized carbons (Fsp3) is 0.133. The molecule has 2 aromatic carbocycles. The highest BCUT2D eigenvalue weighted by molar-refractivity contribution is 9.10. The molecule has 3 aromatic rings. The van der Waals surface area contributed by atoms with Crippen molar-refractivity contribution in [3.05, 3.63) is 56.7 Å². The van der Waals surface area contributed by atoms with Gasteiger partial charge in [-0.05, 0) is 52.7 Å². The Labute approximate surface area is 139 Å². The van der Waals surface area contributed by atoms with E-state index >= 15 is 0 Å². The maximum absolute atomic E-state index is 13.3. The van der Waals surface area contributed by atoms with Crippen molar-refractivity contribution >= 4 is 54.8 Å². The summed E-state index contributed by atoms with van der Waals surface area (Å²) in [5.41, 5.74) is 4.43. The molecule has 0 fully saturated rings. The molecule has 0 aliphatic carbocycles. The molecule has 0 bridgehead atoms. The minimum absolute atomic E-state index is 0.0216. The smallest absolute Gasteiger partial charge is 0.137 e. The highest BCUT2D eigenvalue weighted by Gasteiger charge is 2.13. The summed E-state index contributed by atoms with van der Waals surface area (Å²) in [5.74, 6) is -0.273. The van der Waals surface area contributed by atoms with Crippen molar-refractivity contribution in [2.24, 2.45) is 0 Å². The Bertz CT molecular complexity index is 805. The standard InChI is InChI=1S/C15H11BrClFN2S/c1-8(9-2-4-12(18)10(16)6-9)20-14-11(17)3-5-13-15(14)19-7-21-13/h2-8,20H,1H3. The molecule has 0 amide bonds. The van der Waals surface area contributed by atoms with Crippen molar-refractivity contribution in [1.29, 1.82) is 0 Å². The summed E-state index contributed by atoms with van der Waals surface area (Å²) in [4.78, 5) is 4.36. The normalized spacial score (nSPS) is 12.6. The third kappa shape index (κ3) is 2.91. The van der Waals surface area contributed by atoms with Gasteiger partial charge in [0.15, 0.2) is 0 Å². The fourth-order valence-electron chi connectivity index (χ4n) is 2.13. The number of thiazole rings is 1. The Morgan fingerprint density at radius 2 is 2.14 bits per heavy atom. The lowest BCUT2D eigenvalue weighted by Crippen LogP contribution is -2.07. The van der Waals surface area contributed by atoms with Gasteiger partial charge in [-0.2, -0.15) is 0 Å². The number of fused-ring (bicyclic) bond motifs is 1. The second-order valence-electron chi connectivity index (χ2n) is 4.66. The average molecular weight is 386 g/mol. The summed E-state index contributed by atoms with van der Waals surface area (Å²) in [6.45, 7) is 2.00. The highest BCUT2D eigenvalue weighted by atomic mass is 79.9. The zero-order valence-electron chi connectivity index (χ0n) is 11.0. The van der Waals surface area contributed by atoms with Gasteiger partial charge in [-0.3, -0.25) is 0 Å². The molecule has 0 spiro atoms. The molecule has 1 N–H and O–H groups in total. The van der Waals surface area contributed by atoms with E-state index in [1.165, 1.54) is 6.07 Å². The predicted octanol–water partition coefficient (Wildman–Crippen LogP) is 6.02. The van der Waals surface area contributed by atoms with Crippen LogP contribution in [0.15, 0.2) is 40.3 Å². The molecule has 0 radical (unpaired) electrons. The number of anilines is 1. The Morgan fingerprint density at radius 3 is 2.90 bits per heavy atom. The number of nitrogens with one attached hydrogen (secondary N) is 1. The molecule has 21 heavy (non-hydrogen) atoms. The number of benzene rings is 2. The van der Waals surface area contributed by atoms with Gasteiger partial charge in [0.05, 0.1) is 25.4 Å². The Hall–Kier alpha value is -1.17. The van der Waals surface area contributed by atoms with Gasteiger partial charge in [0.25, 0.3) is 0 Å². The van der Waals surface area contributed by atoms with Crippen molar-refractivity contribution in [3.63, 3.8) is 0 Å². The molecule has 1 aromatic heterocycles. The van der Waals surface area contributed by atoms with E-state index in [2.05, 4.69) is 26.2 Å². The highest BCUT2D eigenvalue weighted by Crippen LogP contribution is 2.35. The minimum atomic E-state index is -0.273. The second-order valence-corrected chi connectivity index (χ2v) is 6.81. The number of hydrogen-bond donors (Lipinski definition) is 1. The Balaban J connectivity index is 1.95. The molecule has 1 atom stereocenters. The summed E-state index contributed by atoms with van der Waals surface area (Å²) < 4.78 is 14.9. The number of aromatic nitrogens is 1. The largest absolute Gasteiger partial charge is 0.376 e. The van der Waals surface area contributed by atoms with Gasteiger partial charge < -0.3 is 5.32 Å². The van der Waals surface area contributed by atoms with Crippen LogP contribution in [0.5, 0.6) is 0 Å². The monoisotopic (exact) mass is 384 g/mol. The first-order valence-corrected chi connectivity index (χ1v) is 8.34. The van der Waals surface area contributed by atoms with E-state index in [0.717, 1.165) is 21.5 Å². The predicted molar refractivity (Wildman–Crippen MR) is 90.8 cm³/mol. The van der Waals surface area contributed by atoms with Crippen LogP contribution >= 0.6 is 38.9 Å². The fourth-order valence-corrected chi connectivity index (χ4v) is 3.41. The zero-order valence-corrected chi connectivity index (χ0v) is 14.2. The molecule has 2 nitrogen and oxygen atoms in total. The van der Waals surface area contributed by atoms with E-state index in [1.807, 2.05) is 19.1 Å². The van der Waals surface area contributed by atoms with E-state index < -0.39 is 0 Å². The van der Waals surface area contributed by atoms with Gasteiger partial charge >= 0.3 is 0 Å². The minimum Gasteiger partial charge on any atom is -0.376 e. The van der Waals surface area contributed by atoms with E-state index in [9.17, 15) is 4.39 Å². The SMILES string of the molecule is CC(Nc1c(Cl)ccc2scnc12)c1ccc(F)c(Br)c1. The van der Waals surface area contributed by atoms with Crippen LogP contribution in [0.3, 0.4) is 0 Å². The van der Waals surface area contributed by atoms with Crippen LogP contribution in [-0.4, -0.2) is 4.98 Å². The average Bonchev–Trinajstić information content (AvgIpc) is 2.93. The Morgan fingerprint density at radius 1 is 1.33 bits per heavy atom. The van der Waals surface area contributed by atoms with Crippen LogP contribution in [0.25, 0.3) is 10.2 Å². The van der Waals surface area contributed by atoms with Crippen molar-refractivity contribution in [1.82, 2.24) is 4.98 Å². The lowest BCUT2D eigenvalue weighted by atomic mass is 10.1. The molecule has 3 rings (SSSR count). The summed E-state index contributed by atoms with van der Waals surface area (Å²) >= 11 is 11.1. The van der Waals surface area contributed by atoms with Crippen molar-refractivity contribution < 1.29 is 4.39 Å². The van der Waals surface area contributed by atoms with Gasteiger partial charge in [-0.1, -0.05) is 17.7 Å². The molecule has 1 unspecified atom stereocenters. The topological polar surface area (TPSA) is 24.9 Å². The third-order valence-corrected chi connectivity index (χ3v) is 4.97. The summed E-state index contributed by atoms with van der Waals surface area (Å²) in [6.07, 6.45) is 0. The Kier molecular flexibility index (Phi) is 4.15. The van der Waals surface area contributed by atoms with E-state index in [-0.39, 0.29) is 11.9 Å². The van der Waals surface area contributed by atoms with E-state index in [0.29, 0.717) is 9.50 Å². The van der Waals surface area contributed by atoms with Gasteiger partial charge in [-0.15, -0.1) is 11.3 Å². The second kappa shape index (κ2) is 5.91. The molecular weight excluding hydrogens is 375 g/mol. The first kappa shape index (κ1) is 14.8. The van der Waals surface area contributed by atoms with E-state index in [4.69, 9.17) is 11.6 Å². The van der Waals surface area contributed by atoms with Crippen LogP contribution in [-0.2, 0) is 0 Å². The van der Waals surface area contributed by atoms with Crippen LogP contribution in [0.4, 0.5) is 10.1 Å². The van der Waals surface area contributed by atoms with Gasteiger partial charge in [0.2, 0.25) is 0 Å². The van der Waals surface area contributed by atoms with Gasteiger partial charge in [0, 0.05) is 6.04 Å². The lowest BCUT2D eigenvalue weighted by Gasteiger charge is -2.17. The first-order valence-electron chi connectivity index (χ1n) is 6.29. The molecule has 0 aliphatic heterocycles. The zero-order chi connectivity index (χ0) is 15.0. The molecule has 108 valence electrons. The maximum Gasteiger partial charge on any atom is 0.137 e. The molecule has 1 heterocycles. The van der Waals surface area contributed by atoms with Crippen molar-refractivity contribution in [2.75, 3.05) is 5.32 Å². The summed E-state index contributed by atoms with van der Waals surface area (Å²) in [5, 5.41) is 4.00.